The van der Waals surface area contributed by atoms with Crippen molar-refractivity contribution in [3.8, 4) is 17.2 Å². The summed E-state index contributed by atoms with van der Waals surface area (Å²) >= 11 is 5.95. The van der Waals surface area contributed by atoms with Gasteiger partial charge < -0.3 is 24.4 Å². The van der Waals surface area contributed by atoms with Crippen LogP contribution in [0.25, 0.3) is 0 Å². The Balaban J connectivity index is 1.64. The SMILES string of the molecule is COc1cc(C(CC(=O)NCc2ccc(Cl)cc2)N2Cc3ccccc3C2=O)cc(OC)c1OC. The van der Waals surface area contributed by atoms with Gasteiger partial charge in [-0.1, -0.05) is 41.9 Å². The summed E-state index contributed by atoms with van der Waals surface area (Å²) in [5.74, 6) is 1.04. The molecule has 3 aromatic carbocycles. The molecule has 0 saturated carbocycles. The monoisotopic (exact) mass is 494 g/mol. The van der Waals surface area contributed by atoms with Crippen molar-refractivity contribution in [3.63, 3.8) is 0 Å². The Morgan fingerprint density at radius 1 is 1.00 bits per heavy atom. The van der Waals surface area contributed by atoms with E-state index in [1.807, 2.05) is 36.4 Å². The van der Waals surface area contributed by atoms with Crippen LogP contribution in [0.2, 0.25) is 5.02 Å². The number of hydrogen-bond donors (Lipinski definition) is 1. The molecule has 1 atom stereocenters. The average molecular weight is 495 g/mol. The highest BCUT2D eigenvalue weighted by Crippen LogP contribution is 2.42. The van der Waals surface area contributed by atoms with E-state index in [-0.39, 0.29) is 18.2 Å². The molecule has 35 heavy (non-hydrogen) atoms. The summed E-state index contributed by atoms with van der Waals surface area (Å²) in [5.41, 5.74) is 3.21. The molecule has 0 aromatic heterocycles. The van der Waals surface area contributed by atoms with Gasteiger partial charge >= 0.3 is 0 Å². The lowest BCUT2D eigenvalue weighted by atomic mass is 10.00. The Kier molecular flexibility index (Phi) is 7.46. The highest BCUT2D eigenvalue weighted by atomic mass is 35.5. The topological polar surface area (TPSA) is 77.1 Å². The number of methoxy groups -OCH3 is 3. The number of carbonyl (C=O) groups excluding carboxylic acids is 2. The van der Waals surface area contributed by atoms with Gasteiger partial charge in [0.15, 0.2) is 11.5 Å². The molecule has 0 fully saturated rings. The van der Waals surface area contributed by atoms with Crippen LogP contribution in [-0.4, -0.2) is 38.0 Å². The van der Waals surface area contributed by atoms with Crippen LogP contribution >= 0.6 is 11.6 Å². The highest BCUT2D eigenvalue weighted by molar-refractivity contribution is 6.30. The van der Waals surface area contributed by atoms with Crippen molar-refractivity contribution in [3.05, 3.63) is 87.9 Å². The smallest absolute Gasteiger partial charge is 0.255 e. The predicted octanol–water partition coefficient (Wildman–Crippen LogP) is 4.77. The summed E-state index contributed by atoms with van der Waals surface area (Å²) in [6, 6.07) is 17.8. The Labute approximate surface area is 209 Å². The van der Waals surface area contributed by atoms with E-state index in [1.165, 1.54) is 21.3 Å². The number of amides is 2. The van der Waals surface area contributed by atoms with E-state index in [0.29, 0.717) is 46.5 Å². The molecule has 7 nitrogen and oxygen atoms in total. The van der Waals surface area contributed by atoms with Crippen molar-refractivity contribution < 1.29 is 23.8 Å². The first-order valence-corrected chi connectivity index (χ1v) is 11.5. The van der Waals surface area contributed by atoms with Crippen molar-refractivity contribution in [2.75, 3.05) is 21.3 Å². The second kappa shape index (κ2) is 10.7. The fraction of sp³-hybridized carbons (Fsp3) is 0.259. The number of nitrogens with one attached hydrogen (secondary N) is 1. The molecular formula is C27H27ClN2O5. The maximum Gasteiger partial charge on any atom is 0.255 e. The van der Waals surface area contributed by atoms with Crippen LogP contribution in [0.4, 0.5) is 0 Å². The Morgan fingerprint density at radius 2 is 1.66 bits per heavy atom. The van der Waals surface area contributed by atoms with E-state index in [0.717, 1.165) is 11.1 Å². The molecule has 1 unspecified atom stereocenters. The quantitative estimate of drug-likeness (QED) is 0.463. The maximum atomic E-state index is 13.3. The number of carbonyl (C=O) groups is 2. The van der Waals surface area contributed by atoms with Crippen LogP contribution in [0.1, 0.15) is 39.5 Å². The number of nitrogens with zero attached hydrogens (tertiary/aromatic N) is 1. The molecule has 8 heteroatoms. The molecule has 1 heterocycles. The van der Waals surface area contributed by atoms with E-state index >= 15 is 0 Å². The minimum Gasteiger partial charge on any atom is -0.493 e. The van der Waals surface area contributed by atoms with Crippen LogP contribution in [0.15, 0.2) is 60.7 Å². The van der Waals surface area contributed by atoms with Crippen molar-refractivity contribution in [2.45, 2.75) is 25.6 Å². The Bertz CT molecular complexity index is 1200. The van der Waals surface area contributed by atoms with E-state index < -0.39 is 6.04 Å². The molecule has 1 aliphatic rings. The standard InChI is InChI=1S/C27H27ClN2O5/c1-33-23-12-19(13-24(34-2)26(23)35-3)22(30-16-18-6-4-5-7-21(18)27(30)32)14-25(31)29-15-17-8-10-20(28)11-9-17/h4-13,22H,14-16H2,1-3H3,(H,29,31). The first-order valence-electron chi connectivity index (χ1n) is 11.1. The third kappa shape index (κ3) is 5.20. The molecule has 182 valence electrons. The van der Waals surface area contributed by atoms with Crippen molar-refractivity contribution in [1.29, 1.82) is 0 Å². The molecule has 0 aliphatic carbocycles. The number of fused-ring (bicyclic) bond motifs is 1. The van der Waals surface area contributed by atoms with E-state index in [4.69, 9.17) is 25.8 Å². The zero-order valence-corrected chi connectivity index (χ0v) is 20.6. The highest BCUT2D eigenvalue weighted by Gasteiger charge is 2.35. The summed E-state index contributed by atoms with van der Waals surface area (Å²) in [7, 11) is 4.60. The van der Waals surface area contributed by atoms with Gasteiger partial charge in [-0.05, 0) is 47.0 Å². The van der Waals surface area contributed by atoms with Crippen molar-refractivity contribution >= 4 is 23.4 Å². The first-order chi connectivity index (χ1) is 16.9. The third-order valence-electron chi connectivity index (χ3n) is 6.08. The average Bonchev–Trinajstić information content (AvgIpc) is 3.22. The van der Waals surface area contributed by atoms with Gasteiger partial charge in [-0.3, -0.25) is 9.59 Å². The van der Waals surface area contributed by atoms with E-state index in [9.17, 15) is 9.59 Å². The summed E-state index contributed by atoms with van der Waals surface area (Å²) in [6.45, 7) is 0.757. The fourth-order valence-corrected chi connectivity index (χ4v) is 4.41. The number of ether oxygens (including phenoxy) is 3. The molecule has 1 N–H and O–H groups in total. The molecule has 0 bridgehead atoms. The zero-order valence-electron chi connectivity index (χ0n) is 19.8. The van der Waals surface area contributed by atoms with Crippen LogP contribution in [0.3, 0.4) is 0 Å². The molecule has 4 rings (SSSR count). The number of hydrogen-bond acceptors (Lipinski definition) is 5. The van der Waals surface area contributed by atoms with Gasteiger partial charge in [0.25, 0.3) is 5.91 Å². The molecule has 0 radical (unpaired) electrons. The minimum absolute atomic E-state index is 0.0615. The summed E-state index contributed by atoms with van der Waals surface area (Å²) in [5, 5.41) is 3.58. The minimum atomic E-state index is -0.547. The Morgan fingerprint density at radius 3 is 2.26 bits per heavy atom. The van der Waals surface area contributed by atoms with Crippen LogP contribution in [0.5, 0.6) is 17.2 Å². The largest absolute Gasteiger partial charge is 0.493 e. The zero-order chi connectivity index (χ0) is 24.9. The first kappa shape index (κ1) is 24.4. The van der Waals surface area contributed by atoms with Gasteiger partial charge in [0, 0.05) is 23.7 Å². The third-order valence-corrected chi connectivity index (χ3v) is 6.33. The van der Waals surface area contributed by atoms with Gasteiger partial charge in [-0.15, -0.1) is 0 Å². The lowest BCUT2D eigenvalue weighted by Gasteiger charge is -2.29. The second-order valence-electron chi connectivity index (χ2n) is 8.17. The predicted molar refractivity (Wildman–Crippen MR) is 133 cm³/mol. The van der Waals surface area contributed by atoms with Gasteiger partial charge in [0.2, 0.25) is 11.7 Å². The normalized spacial score (nSPS) is 13.3. The van der Waals surface area contributed by atoms with Crippen molar-refractivity contribution in [2.24, 2.45) is 0 Å². The molecule has 3 aromatic rings. The fourth-order valence-electron chi connectivity index (χ4n) is 4.28. The molecular weight excluding hydrogens is 468 g/mol. The Hall–Kier alpha value is -3.71. The molecule has 2 amide bonds. The van der Waals surface area contributed by atoms with Crippen LogP contribution < -0.4 is 19.5 Å². The lowest BCUT2D eigenvalue weighted by molar-refractivity contribution is -0.122. The summed E-state index contributed by atoms with van der Waals surface area (Å²) in [4.78, 5) is 28.1. The number of rotatable bonds is 9. The van der Waals surface area contributed by atoms with Crippen LogP contribution in [0, 0.1) is 0 Å². The van der Waals surface area contributed by atoms with E-state index in [2.05, 4.69) is 5.32 Å². The van der Waals surface area contributed by atoms with E-state index in [1.54, 1.807) is 29.2 Å². The summed E-state index contributed by atoms with van der Waals surface area (Å²) in [6.07, 6.45) is 0.0615. The van der Waals surface area contributed by atoms with Crippen molar-refractivity contribution in [1.82, 2.24) is 10.2 Å². The summed E-state index contributed by atoms with van der Waals surface area (Å²) < 4.78 is 16.5. The van der Waals surface area contributed by atoms with Crippen LogP contribution in [-0.2, 0) is 17.9 Å². The van der Waals surface area contributed by atoms with Gasteiger partial charge in [0.05, 0.1) is 33.8 Å². The lowest BCUT2D eigenvalue weighted by Crippen LogP contribution is -2.34. The van der Waals surface area contributed by atoms with Gasteiger partial charge in [-0.2, -0.15) is 0 Å². The van der Waals surface area contributed by atoms with Gasteiger partial charge in [0.1, 0.15) is 0 Å². The number of benzene rings is 3. The maximum absolute atomic E-state index is 13.3. The molecule has 1 aliphatic heterocycles. The second-order valence-corrected chi connectivity index (χ2v) is 8.61. The van der Waals surface area contributed by atoms with Gasteiger partial charge in [-0.25, -0.2) is 0 Å². The molecule has 0 saturated heterocycles. The molecule has 0 spiro atoms. The number of halogens is 1.